The van der Waals surface area contributed by atoms with Gasteiger partial charge in [-0.3, -0.25) is 10.1 Å². The second-order valence-electron chi connectivity index (χ2n) is 9.31. The Kier molecular flexibility index (Phi) is 9.96. The first-order chi connectivity index (χ1) is 16.5. The lowest BCUT2D eigenvalue weighted by atomic mass is 9.84. The van der Waals surface area contributed by atoms with Crippen LogP contribution in [-0.4, -0.2) is 91.9 Å². The number of rotatable bonds is 7. The summed E-state index contributed by atoms with van der Waals surface area (Å²) >= 11 is 0. The Morgan fingerprint density at radius 3 is 2.62 bits per heavy atom. The maximum atomic E-state index is 14.0. The number of nitrogens with zero attached hydrogens (tertiary/aromatic N) is 4. The highest BCUT2D eigenvalue weighted by Crippen LogP contribution is 2.31. The van der Waals surface area contributed by atoms with Gasteiger partial charge < -0.3 is 24.6 Å². The Bertz CT molecular complexity index is 749. The zero-order valence-corrected chi connectivity index (χ0v) is 20.7. The van der Waals surface area contributed by atoms with Crippen molar-refractivity contribution in [3.8, 4) is 6.07 Å². The molecule has 0 aromatic rings. The van der Waals surface area contributed by atoms with E-state index in [1.54, 1.807) is 11.8 Å². The quantitative estimate of drug-likeness (QED) is 0.425. The van der Waals surface area contributed by atoms with E-state index < -0.39 is 17.7 Å². The third kappa shape index (κ3) is 6.60. The Labute approximate surface area is 203 Å². The van der Waals surface area contributed by atoms with Gasteiger partial charge in [0.1, 0.15) is 11.6 Å². The van der Waals surface area contributed by atoms with E-state index in [2.05, 4.69) is 16.7 Å². The number of amides is 2. The maximum absolute atomic E-state index is 14.0. The number of alkyl carbamates (subject to hydrolysis) is 1. The molecule has 3 fully saturated rings. The fourth-order valence-corrected chi connectivity index (χ4v) is 5.24. The van der Waals surface area contributed by atoms with Gasteiger partial charge in [-0.1, -0.05) is 32.1 Å². The number of ether oxygens (including phenoxy) is 2. The molecule has 3 aliphatic rings. The van der Waals surface area contributed by atoms with Crippen LogP contribution in [0.1, 0.15) is 58.8 Å². The van der Waals surface area contributed by atoms with Gasteiger partial charge in [0.25, 0.3) is 0 Å². The number of likely N-dealkylation sites (N-methyl/N-ethyl adjacent to an activating group) is 1. The average Bonchev–Trinajstić information content (AvgIpc) is 3.35. The molecule has 10 nitrogen and oxygen atoms in total. The minimum Gasteiger partial charge on any atom is -0.450 e. The van der Waals surface area contributed by atoms with Crippen LogP contribution in [0, 0.1) is 17.2 Å². The van der Waals surface area contributed by atoms with Gasteiger partial charge in [0.15, 0.2) is 0 Å². The maximum Gasteiger partial charge on any atom is 0.413 e. The van der Waals surface area contributed by atoms with Gasteiger partial charge in [-0.2, -0.15) is 5.26 Å². The molecule has 10 heteroatoms. The lowest BCUT2D eigenvalue weighted by Gasteiger charge is -2.37. The van der Waals surface area contributed by atoms with Crippen molar-refractivity contribution in [2.45, 2.75) is 70.4 Å². The van der Waals surface area contributed by atoms with E-state index in [0.29, 0.717) is 70.7 Å². The van der Waals surface area contributed by atoms with E-state index in [0.717, 1.165) is 25.7 Å². The summed E-state index contributed by atoms with van der Waals surface area (Å²) in [5.41, 5.74) is -0.861. The molecule has 0 aromatic carbocycles. The largest absolute Gasteiger partial charge is 0.450 e. The first-order valence-electron chi connectivity index (χ1n) is 12.8. The average molecular weight is 477 g/mol. The molecule has 34 heavy (non-hydrogen) atoms. The summed E-state index contributed by atoms with van der Waals surface area (Å²) in [6.45, 7) is 7.68. The van der Waals surface area contributed by atoms with Gasteiger partial charge >= 0.3 is 6.09 Å². The zero-order chi connectivity index (χ0) is 24.4. The molecule has 190 valence electrons. The molecule has 0 bridgehead atoms. The van der Waals surface area contributed by atoms with Gasteiger partial charge in [-0.05, 0) is 39.2 Å². The molecule has 1 saturated carbocycles. The molecule has 2 amide bonds. The highest BCUT2D eigenvalue weighted by molar-refractivity contribution is 5.96. The Morgan fingerprint density at radius 1 is 1.29 bits per heavy atom. The number of nitrogens with one attached hydrogen (secondary N) is 2. The van der Waals surface area contributed by atoms with Crippen molar-refractivity contribution >= 4 is 18.0 Å². The third-order valence-corrected chi connectivity index (χ3v) is 7.08. The van der Waals surface area contributed by atoms with Gasteiger partial charge in [-0.25, -0.2) is 9.79 Å². The molecule has 0 aromatic heterocycles. The summed E-state index contributed by atoms with van der Waals surface area (Å²) in [6, 6.07) is 1.74. The normalized spacial score (nSPS) is 24.9. The van der Waals surface area contributed by atoms with Crippen LogP contribution in [-0.2, 0) is 14.3 Å². The van der Waals surface area contributed by atoms with Gasteiger partial charge in [0, 0.05) is 26.2 Å². The molecule has 2 aliphatic heterocycles. The van der Waals surface area contributed by atoms with Crippen LogP contribution in [0.15, 0.2) is 4.99 Å². The lowest BCUT2D eigenvalue weighted by Crippen LogP contribution is -2.56. The smallest absolute Gasteiger partial charge is 0.413 e. The summed E-state index contributed by atoms with van der Waals surface area (Å²) in [5.74, 6) is 0.607. The van der Waals surface area contributed by atoms with Crippen molar-refractivity contribution in [1.29, 1.82) is 5.26 Å². The molecular weight excluding hydrogens is 436 g/mol. The summed E-state index contributed by atoms with van der Waals surface area (Å²) in [6.07, 6.45) is 6.34. The summed E-state index contributed by atoms with van der Waals surface area (Å²) in [7, 11) is 0. The highest BCUT2D eigenvalue weighted by atomic mass is 16.5. The fourth-order valence-electron chi connectivity index (χ4n) is 5.24. The van der Waals surface area contributed by atoms with E-state index in [-0.39, 0.29) is 12.5 Å². The minimum absolute atomic E-state index is 0.144. The predicted molar refractivity (Wildman–Crippen MR) is 128 cm³/mol. The van der Waals surface area contributed by atoms with Crippen molar-refractivity contribution in [1.82, 2.24) is 20.4 Å². The molecule has 2 atom stereocenters. The van der Waals surface area contributed by atoms with Crippen molar-refractivity contribution < 1.29 is 19.1 Å². The number of hydrogen-bond acceptors (Lipinski definition) is 7. The molecule has 3 rings (SSSR count). The van der Waals surface area contributed by atoms with Gasteiger partial charge in [0.2, 0.25) is 11.9 Å². The summed E-state index contributed by atoms with van der Waals surface area (Å²) in [5, 5.41) is 16.0. The van der Waals surface area contributed by atoms with Crippen molar-refractivity contribution in [3.63, 3.8) is 0 Å². The zero-order valence-electron chi connectivity index (χ0n) is 20.7. The monoisotopic (exact) mass is 476 g/mol. The Balaban J connectivity index is 1.92. The van der Waals surface area contributed by atoms with E-state index >= 15 is 0 Å². The minimum atomic E-state index is -0.861. The molecule has 0 spiro atoms. The molecule has 2 saturated heterocycles. The van der Waals surface area contributed by atoms with Crippen molar-refractivity contribution in [3.05, 3.63) is 0 Å². The molecule has 1 aliphatic carbocycles. The van der Waals surface area contributed by atoms with Gasteiger partial charge in [0.05, 0.1) is 25.9 Å². The van der Waals surface area contributed by atoms with Crippen molar-refractivity contribution in [2.24, 2.45) is 10.9 Å². The Hall–Kier alpha value is -2.38. The number of carbonyl (C=O) groups is 2. The fraction of sp³-hybridized carbons (Fsp3) is 0.833. The van der Waals surface area contributed by atoms with E-state index in [4.69, 9.17) is 14.5 Å². The number of aliphatic imine (C=N–C) groups is 1. The number of carbonyl (C=O) groups excluding carboxylic acids is 2. The van der Waals surface area contributed by atoms with Crippen LogP contribution in [0.5, 0.6) is 0 Å². The highest BCUT2D eigenvalue weighted by Gasteiger charge is 2.44. The summed E-state index contributed by atoms with van der Waals surface area (Å²) in [4.78, 5) is 34.8. The predicted octanol–water partition coefficient (Wildman–Crippen LogP) is 1.86. The van der Waals surface area contributed by atoms with Crippen molar-refractivity contribution in [2.75, 3.05) is 52.5 Å². The van der Waals surface area contributed by atoms with E-state index in [1.165, 1.54) is 6.42 Å². The van der Waals surface area contributed by atoms with Crippen LogP contribution in [0.4, 0.5) is 4.79 Å². The number of guanidine groups is 1. The lowest BCUT2D eigenvalue weighted by molar-refractivity contribution is -0.136. The molecule has 2 unspecified atom stereocenters. The second-order valence-corrected chi connectivity index (χ2v) is 9.31. The molecule has 0 radical (unpaired) electrons. The van der Waals surface area contributed by atoms with Crippen LogP contribution < -0.4 is 10.6 Å². The number of morpholine rings is 1. The topological polar surface area (TPSA) is 119 Å². The number of hydrogen-bond donors (Lipinski definition) is 2. The third-order valence-electron chi connectivity index (χ3n) is 7.08. The van der Waals surface area contributed by atoms with Crippen LogP contribution >= 0.6 is 0 Å². The standard InChI is InChI=1S/C24H40N6O4/c1-3-30(24(17-25)10-11-26-18-24)21(31)20(16-19-8-6-5-7-9-19)27-22(28-23(32)34-4-2)29-12-14-33-15-13-29/h19-20,26H,3-16,18H2,1-2H3,(H,27,28,32). The SMILES string of the molecule is CCOC(=O)NC(=NC(CC1CCCCC1)C(=O)N(CC)C1(C#N)CCNC1)N1CCOCC1. The van der Waals surface area contributed by atoms with Gasteiger partial charge in [-0.15, -0.1) is 0 Å². The first kappa shape index (κ1) is 26.2. The number of nitriles is 1. The van der Waals surface area contributed by atoms with Crippen LogP contribution in [0.3, 0.4) is 0 Å². The molecule has 2 N–H and O–H groups in total. The molecule has 2 heterocycles. The van der Waals surface area contributed by atoms with E-state index in [1.807, 2.05) is 11.8 Å². The van der Waals surface area contributed by atoms with E-state index in [9.17, 15) is 14.9 Å². The summed E-state index contributed by atoms with van der Waals surface area (Å²) < 4.78 is 10.6. The van der Waals surface area contributed by atoms with Crippen LogP contribution in [0.2, 0.25) is 0 Å². The second kappa shape index (κ2) is 12.9. The van der Waals surface area contributed by atoms with Crippen LogP contribution in [0.25, 0.3) is 0 Å². The first-order valence-corrected chi connectivity index (χ1v) is 12.8. The Morgan fingerprint density at radius 2 is 2.03 bits per heavy atom. The molecular formula is C24H40N6O4.